The van der Waals surface area contributed by atoms with Gasteiger partial charge in [-0.2, -0.15) is 0 Å². The molecule has 16 heavy (non-hydrogen) atoms. The third-order valence-corrected chi connectivity index (χ3v) is 3.44. The van der Waals surface area contributed by atoms with E-state index in [4.69, 9.17) is 5.11 Å². The number of hydrogen-bond donors (Lipinski definition) is 1. The summed E-state index contributed by atoms with van der Waals surface area (Å²) < 4.78 is 2.01. The van der Waals surface area contributed by atoms with E-state index in [0.29, 0.717) is 11.7 Å². The molecule has 1 aliphatic rings. The topological polar surface area (TPSA) is 55.1 Å². The van der Waals surface area contributed by atoms with Gasteiger partial charge in [-0.1, -0.05) is 12.8 Å². The average Bonchev–Trinajstić information content (AvgIpc) is 2.88. The Labute approximate surface area is 95.3 Å². The average molecular weight is 222 g/mol. The lowest BCUT2D eigenvalue weighted by molar-refractivity contribution is -0.138. The zero-order chi connectivity index (χ0) is 11.5. The number of nitrogens with zero attached hydrogens (tertiary/aromatic N) is 2. The van der Waals surface area contributed by atoms with Gasteiger partial charge in [0.15, 0.2) is 0 Å². The Balaban J connectivity index is 2.09. The third-order valence-electron chi connectivity index (χ3n) is 3.44. The van der Waals surface area contributed by atoms with Crippen LogP contribution in [0.5, 0.6) is 0 Å². The number of carboxylic acid groups (broad SMARTS) is 1. The normalized spacial score (nSPS) is 18.8. The molecule has 1 unspecified atom stereocenters. The number of aromatic nitrogens is 2. The fourth-order valence-electron chi connectivity index (χ4n) is 2.44. The van der Waals surface area contributed by atoms with Gasteiger partial charge < -0.3 is 9.67 Å². The van der Waals surface area contributed by atoms with Gasteiger partial charge in [-0.3, -0.25) is 4.79 Å². The maximum absolute atomic E-state index is 10.9. The highest BCUT2D eigenvalue weighted by molar-refractivity contribution is 5.74. The van der Waals surface area contributed by atoms with E-state index in [2.05, 4.69) is 4.98 Å². The van der Waals surface area contributed by atoms with Crippen molar-refractivity contribution in [2.75, 3.05) is 0 Å². The van der Waals surface area contributed by atoms with Crippen LogP contribution in [0.1, 0.15) is 44.3 Å². The fraction of sp³-hybridized carbons (Fsp3) is 0.667. The molecule has 0 amide bonds. The first-order chi connectivity index (χ1) is 7.68. The Hall–Kier alpha value is -1.32. The molecule has 1 N–H and O–H groups in total. The molecule has 1 atom stereocenters. The molecule has 0 aliphatic heterocycles. The Bertz CT molecular complexity index is 367. The fourth-order valence-corrected chi connectivity index (χ4v) is 2.44. The maximum atomic E-state index is 10.9. The van der Waals surface area contributed by atoms with Crippen LogP contribution in [0.25, 0.3) is 0 Å². The second-order valence-electron chi connectivity index (χ2n) is 4.65. The van der Waals surface area contributed by atoms with Crippen molar-refractivity contribution in [3.63, 3.8) is 0 Å². The van der Waals surface area contributed by atoms with Crippen LogP contribution in [0.15, 0.2) is 12.4 Å². The highest BCUT2D eigenvalue weighted by Gasteiger charge is 2.22. The number of carboxylic acids is 1. The summed E-state index contributed by atoms with van der Waals surface area (Å²) in [6.45, 7) is 2.61. The Morgan fingerprint density at radius 1 is 1.62 bits per heavy atom. The molecular formula is C12H18N2O2. The van der Waals surface area contributed by atoms with E-state index in [0.717, 1.165) is 6.54 Å². The summed E-state index contributed by atoms with van der Waals surface area (Å²) in [5, 5.41) is 8.99. The first-order valence-electron chi connectivity index (χ1n) is 5.92. The SMILES string of the molecule is CC(C(=O)O)c1nccn1CC1CCCC1. The quantitative estimate of drug-likeness (QED) is 0.850. The van der Waals surface area contributed by atoms with Crippen molar-refractivity contribution in [1.82, 2.24) is 9.55 Å². The van der Waals surface area contributed by atoms with Gasteiger partial charge in [0.05, 0.1) is 0 Å². The molecule has 4 nitrogen and oxygen atoms in total. The van der Waals surface area contributed by atoms with Crippen molar-refractivity contribution in [2.45, 2.75) is 45.1 Å². The Morgan fingerprint density at radius 3 is 2.94 bits per heavy atom. The smallest absolute Gasteiger partial charge is 0.313 e. The minimum atomic E-state index is -0.807. The van der Waals surface area contributed by atoms with Gasteiger partial charge in [-0.15, -0.1) is 0 Å². The molecule has 0 saturated heterocycles. The predicted molar refractivity (Wildman–Crippen MR) is 60.2 cm³/mol. The van der Waals surface area contributed by atoms with E-state index in [9.17, 15) is 4.79 Å². The lowest BCUT2D eigenvalue weighted by Gasteiger charge is -2.14. The zero-order valence-electron chi connectivity index (χ0n) is 9.59. The van der Waals surface area contributed by atoms with E-state index in [1.54, 1.807) is 13.1 Å². The van der Waals surface area contributed by atoms with E-state index in [1.165, 1.54) is 25.7 Å². The first-order valence-corrected chi connectivity index (χ1v) is 5.92. The molecule has 0 bridgehead atoms. The van der Waals surface area contributed by atoms with Crippen molar-refractivity contribution in [3.05, 3.63) is 18.2 Å². The lowest BCUT2D eigenvalue weighted by atomic mass is 10.1. The summed E-state index contributed by atoms with van der Waals surface area (Å²) in [4.78, 5) is 15.1. The van der Waals surface area contributed by atoms with Crippen LogP contribution in [-0.4, -0.2) is 20.6 Å². The summed E-state index contributed by atoms with van der Waals surface area (Å²) in [5.74, 6) is 0.0589. The summed E-state index contributed by atoms with van der Waals surface area (Å²) in [5.41, 5.74) is 0. The standard InChI is InChI=1S/C12H18N2O2/c1-9(12(15)16)11-13-6-7-14(11)8-10-4-2-3-5-10/h6-7,9-10H,2-5,8H2,1H3,(H,15,16). The number of carbonyl (C=O) groups is 1. The summed E-state index contributed by atoms with van der Waals surface area (Å²) in [7, 11) is 0. The van der Waals surface area contributed by atoms with Crippen LogP contribution in [0.4, 0.5) is 0 Å². The van der Waals surface area contributed by atoms with Crippen molar-refractivity contribution < 1.29 is 9.90 Å². The molecule has 1 aromatic heterocycles. The van der Waals surface area contributed by atoms with Crippen LogP contribution in [0.3, 0.4) is 0 Å². The van der Waals surface area contributed by atoms with Crippen LogP contribution < -0.4 is 0 Å². The van der Waals surface area contributed by atoms with Crippen LogP contribution >= 0.6 is 0 Å². The molecule has 1 aliphatic carbocycles. The van der Waals surface area contributed by atoms with E-state index in [-0.39, 0.29) is 0 Å². The van der Waals surface area contributed by atoms with E-state index < -0.39 is 11.9 Å². The second kappa shape index (κ2) is 4.68. The van der Waals surface area contributed by atoms with Crippen LogP contribution in [0.2, 0.25) is 0 Å². The molecule has 1 heterocycles. The molecule has 0 aromatic carbocycles. The van der Waals surface area contributed by atoms with Crippen LogP contribution in [0, 0.1) is 5.92 Å². The predicted octanol–water partition coefficient (Wildman–Crippen LogP) is 2.26. The maximum Gasteiger partial charge on any atom is 0.313 e. The molecule has 1 saturated carbocycles. The molecule has 0 spiro atoms. The number of aliphatic carboxylic acids is 1. The molecular weight excluding hydrogens is 204 g/mol. The highest BCUT2D eigenvalue weighted by atomic mass is 16.4. The van der Waals surface area contributed by atoms with Crippen molar-refractivity contribution in [3.8, 4) is 0 Å². The van der Waals surface area contributed by atoms with E-state index >= 15 is 0 Å². The van der Waals surface area contributed by atoms with Crippen LogP contribution in [-0.2, 0) is 11.3 Å². The number of imidazole rings is 1. The van der Waals surface area contributed by atoms with Gasteiger partial charge in [-0.05, 0) is 25.7 Å². The molecule has 88 valence electrons. The summed E-state index contributed by atoms with van der Waals surface area (Å²) in [6, 6.07) is 0. The van der Waals surface area contributed by atoms with Gasteiger partial charge in [0.2, 0.25) is 0 Å². The largest absolute Gasteiger partial charge is 0.481 e. The molecule has 1 aromatic rings. The van der Waals surface area contributed by atoms with Gasteiger partial charge in [-0.25, -0.2) is 4.98 Å². The van der Waals surface area contributed by atoms with Crippen molar-refractivity contribution in [1.29, 1.82) is 0 Å². The number of hydrogen-bond acceptors (Lipinski definition) is 2. The monoisotopic (exact) mass is 222 g/mol. The Kier molecular flexibility index (Phi) is 3.27. The van der Waals surface area contributed by atoms with Gasteiger partial charge in [0.1, 0.15) is 11.7 Å². The highest BCUT2D eigenvalue weighted by Crippen LogP contribution is 2.27. The zero-order valence-corrected chi connectivity index (χ0v) is 9.59. The van der Waals surface area contributed by atoms with Gasteiger partial charge >= 0.3 is 5.97 Å². The van der Waals surface area contributed by atoms with Crippen molar-refractivity contribution >= 4 is 5.97 Å². The lowest BCUT2D eigenvalue weighted by Crippen LogP contribution is -2.16. The van der Waals surface area contributed by atoms with E-state index in [1.807, 2.05) is 10.8 Å². The third kappa shape index (κ3) is 2.26. The van der Waals surface area contributed by atoms with Gasteiger partial charge in [0.25, 0.3) is 0 Å². The van der Waals surface area contributed by atoms with Crippen molar-refractivity contribution in [2.24, 2.45) is 5.92 Å². The minimum Gasteiger partial charge on any atom is -0.481 e. The minimum absolute atomic E-state index is 0.517. The second-order valence-corrected chi connectivity index (χ2v) is 4.65. The summed E-state index contributed by atoms with van der Waals surface area (Å²) >= 11 is 0. The summed E-state index contributed by atoms with van der Waals surface area (Å²) in [6.07, 6.45) is 8.74. The first kappa shape index (κ1) is 11.2. The molecule has 4 heteroatoms. The number of rotatable bonds is 4. The molecule has 1 fully saturated rings. The molecule has 0 radical (unpaired) electrons. The van der Waals surface area contributed by atoms with Gasteiger partial charge in [0, 0.05) is 18.9 Å². The molecule has 2 rings (SSSR count). The Morgan fingerprint density at radius 2 is 2.31 bits per heavy atom.